The van der Waals surface area contributed by atoms with Crippen LogP contribution in [0.2, 0.25) is 0 Å². The molecule has 1 atom stereocenters. The second-order valence-electron chi connectivity index (χ2n) is 9.43. The molecule has 0 bridgehead atoms. The van der Waals surface area contributed by atoms with Gasteiger partial charge in [0.2, 0.25) is 0 Å². The Kier molecular flexibility index (Phi) is 5.16. The average Bonchev–Trinajstić information content (AvgIpc) is 3.13. The molecule has 168 valence electrons. The van der Waals surface area contributed by atoms with Crippen LogP contribution in [-0.4, -0.2) is 16.7 Å². The Morgan fingerprint density at radius 2 is 1.97 bits per heavy atom. The normalized spacial score (nSPS) is 20.0. The number of allylic oxidation sites excluding steroid dienone is 3. The minimum atomic E-state index is -0.644. The highest BCUT2D eigenvalue weighted by Gasteiger charge is 2.42. The summed E-state index contributed by atoms with van der Waals surface area (Å²) in [5.74, 6) is -1.41. The van der Waals surface area contributed by atoms with Crippen molar-refractivity contribution < 1.29 is 14.0 Å². The zero-order valence-corrected chi connectivity index (χ0v) is 19.5. The Morgan fingerprint density at radius 1 is 1.18 bits per heavy atom. The van der Waals surface area contributed by atoms with Crippen LogP contribution in [0.3, 0.4) is 0 Å². The fourth-order valence-corrected chi connectivity index (χ4v) is 5.71. The number of carbonyl (C=O) groups is 2. The zero-order chi connectivity index (χ0) is 23.3. The van der Waals surface area contributed by atoms with Crippen LogP contribution in [0.5, 0.6) is 0 Å². The van der Waals surface area contributed by atoms with Gasteiger partial charge in [0.05, 0.1) is 10.2 Å². The first kappa shape index (κ1) is 21.5. The number of benzene rings is 2. The molecule has 1 aliphatic heterocycles. The van der Waals surface area contributed by atoms with Gasteiger partial charge in [-0.2, -0.15) is 0 Å². The molecule has 5 rings (SSSR count). The van der Waals surface area contributed by atoms with E-state index in [1.807, 2.05) is 31.2 Å². The molecule has 0 radical (unpaired) electrons. The first-order valence-corrected chi connectivity index (χ1v) is 11.7. The van der Waals surface area contributed by atoms with Crippen molar-refractivity contribution in [2.75, 3.05) is 5.32 Å². The van der Waals surface area contributed by atoms with Crippen LogP contribution >= 0.6 is 11.3 Å². The van der Waals surface area contributed by atoms with Crippen LogP contribution in [0.1, 0.15) is 45.1 Å². The number of hydrogen-bond donors (Lipinski definition) is 2. The van der Waals surface area contributed by atoms with E-state index >= 15 is 0 Å². The Labute approximate surface area is 195 Å². The van der Waals surface area contributed by atoms with Gasteiger partial charge in [0.1, 0.15) is 5.82 Å². The first-order valence-electron chi connectivity index (χ1n) is 10.9. The zero-order valence-electron chi connectivity index (χ0n) is 18.7. The van der Waals surface area contributed by atoms with Crippen LogP contribution in [0.4, 0.5) is 9.52 Å². The van der Waals surface area contributed by atoms with Crippen molar-refractivity contribution in [3.8, 4) is 0 Å². The van der Waals surface area contributed by atoms with E-state index in [-0.39, 0.29) is 17.1 Å². The van der Waals surface area contributed by atoms with E-state index in [4.69, 9.17) is 0 Å². The average molecular weight is 462 g/mol. The van der Waals surface area contributed by atoms with Crippen LogP contribution in [-0.2, 0) is 9.59 Å². The monoisotopic (exact) mass is 461 g/mol. The molecule has 0 saturated heterocycles. The molecule has 2 heterocycles. The van der Waals surface area contributed by atoms with Crippen LogP contribution in [0.25, 0.3) is 10.2 Å². The fourth-order valence-electron chi connectivity index (χ4n) is 4.85. The molecule has 5 nitrogen and oxygen atoms in total. The molecule has 0 saturated carbocycles. The quantitative estimate of drug-likeness (QED) is 0.527. The number of aromatic nitrogens is 1. The third-order valence-corrected chi connectivity index (χ3v) is 7.13. The smallest absolute Gasteiger partial charge is 0.256 e. The SMILES string of the molecule is CC1=C(C(=O)Nc2nc3ccccc3s2)[C@@H](c2cccc(F)c2)C2=C(CC(C)(C)CC2=O)N1. The lowest BCUT2D eigenvalue weighted by Crippen LogP contribution is -2.39. The maximum atomic E-state index is 14.2. The summed E-state index contributed by atoms with van der Waals surface area (Å²) in [4.78, 5) is 31.4. The van der Waals surface area contributed by atoms with E-state index in [1.165, 1.54) is 23.5 Å². The van der Waals surface area contributed by atoms with Gasteiger partial charge in [0, 0.05) is 34.9 Å². The number of rotatable bonds is 3. The Morgan fingerprint density at radius 3 is 2.73 bits per heavy atom. The predicted molar refractivity (Wildman–Crippen MR) is 128 cm³/mol. The largest absolute Gasteiger partial charge is 0.362 e. The van der Waals surface area contributed by atoms with Gasteiger partial charge in [-0.3, -0.25) is 14.9 Å². The second kappa shape index (κ2) is 7.92. The van der Waals surface area contributed by atoms with E-state index in [9.17, 15) is 14.0 Å². The summed E-state index contributed by atoms with van der Waals surface area (Å²) < 4.78 is 15.2. The molecule has 7 heteroatoms. The van der Waals surface area contributed by atoms with Gasteiger partial charge >= 0.3 is 0 Å². The summed E-state index contributed by atoms with van der Waals surface area (Å²) in [6.45, 7) is 5.94. The van der Waals surface area contributed by atoms with Gasteiger partial charge in [-0.1, -0.05) is 49.4 Å². The maximum absolute atomic E-state index is 14.2. The summed E-state index contributed by atoms with van der Waals surface area (Å²) in [6, 6.07) is 13.8. The highest BCUT2D eigenvalue weighted by Crippen LogP contribution is 2.46. The molecular formula is C26H24FN3O2S. The number of nitrogens with one attached hydrogen (secondary N) is 2. The summed E-state index contributed by atoms with van der Waals surface area (Å²) in [6.07, 6.45) is 1.06. The number of para-hydroxylation sites is 1. The van der Waals surface area contributed by atoms with E-state index in [0.717, 1.165) is 15.9 Å². The maximum Gasteiger partial charge on any atom is 0.256 e. The number of fused-ring (bicyclic) bond motifs is 1. The van der Waals surface area contributed by atoms with Gasteiger partial charge in [0.25, 0.3) is 5.91 Å². The van der Waals surface area contributed by atoms with Crippen molar-refractivity contribution in [3.63, 3.8) is 0 Å². The number of anilines is 1. The molecule has 33 heavy (non-hydrogen) atoms. The van der Waals surface area contributed by atoms with Crippen molar-refractivity contribution in [3.05, 3.63) is 82.5 Å². The predicted octanol–water partition coefficient (Wildman–Crippen LogP) is 5.68. The number of thiazole rings is 1. The fraction of sp³-hybridized carbons (Fsp3) is 0.269. The molecule has 2 aromatic carbocycles. The molecule has 1 aromatic heterocycles. The molecule has 3 aromatic rings. The number of Topliss-reactive ketones (excluding diaryl/α,β-unsaturated/α-hetero) is 1. The second-order valence-corrected chi connectivity index (χ2v) is 10.5. The molecule has 0 fully saturated rings. The summed E-state index contributed by atoms with van der Waals surface area (Å²) in [7, 11) is 0. The van der Waals surface area contributed by atoms with Gasteiger partial charge in [-0.05, 0) is 48.6 Å². The summed E-state index contributed by atoms with van der Waals surface area (Å²) in [5, 5.41) is 6.73. The van der Waals surface area contributed by atoms with Gasteiger partial charge < -0.3 is 5.32 Å². The van der Waals surface area contributed by atoms with Crippen molar-refractivity contribution in [1.82, 2.24) is 10.3 Å². The summed E-state index contributed by atoms with van der Waals surface area (Å²) >= 11 is 1.39. The molecule has 2 N–H and O–H groups in total. The number of carbonyl (C=O) groups excluding carboxylic acids is 2. The van der Waals surface area contributed by atoms with Crippen LogP contribution in [0.15, 0.2) is 71.1 Å². The highest BCUT2D eigenvalue weighted by molar-refractivity contribution is 7.22. The van der Waals surface area contributed by atoms with Crippen LogP contribution in [0, 0.1) is 11.2 Å². The van der Waals surface area contributed by atoms with Gasteiger partial charge in [0.15, 0.2) is 10.9 Å². The summed E-state index contributed by atoms with van der Waals surface area (Å²) in [5.41, 5.74) is 3.65. The molecule has 0 spiro atoms. The molecule has 1 aliphatic carbocycles. The lowest BCUT2D eigenvalue weighted by atomic mass is 9.68. The van der Waals surface area contributed by atoms with Crippen molar-refractivity contribution in [2.24, 2.45) is 5.41 Å². The number of ketones is 1. The Balaban J connectivity index is 1.58. The number of halogens is 1. The van der Waals surface area contributed by atoms with E-state index < -0.39 is 11.7 Å². The topological polar surface area (TPSA) is 71.1 Å². The third-order valence-electron chi connectivity index (χ3n) is 6.18. The highest BCUT2D eigenvalue weighted by atomic mass is 32.1. The van der Waals surface area contributed by atoms with Crippen molar-refractivity contribution in [1.29, 1.82) is 0 Å². The van der Waals surface area contributed by atoms with Crippen LogP contribution < -0.4 is 10.6 Å². The van der Waals surface area contributed by atoms with Gasteiger partial charge in [-0.15, -0.1) is 0 Å². The first-order chi connectivity index (χ1) is 15.7. The minimum absolute atomic E-state index is 0.0131. The Bertz CT molecular complexity index is 1340. The minimum Gasteiger partial charge on any atom is -0.362 e. The molecular weight excluding hydrogens is 437 g/mol. The van der Waals surface area contributed by atoms with Crippen molar-refractivity contribution in [2.45, 2.75) is 39.5 Å². The molecule has 0 unspecified atom stereocenters. The Hall–Kier alpha value is -3.32. The van der Waals surface area contributed by atoms with Crippen molar-refractivity contribution >= 4 is 38.4 Å². The third kappa shape index (κ3) is 3.97. The molecule has 2 aliphatic rings. The lowest BCUT2D eigenvalue weighted by Gasteiger charge is -2.39. The number of dihydropyridines is 1. The van der Waals surface area contributed by atoms with Gasteiger partial charge in [-0.25, -0.2) is 9.37 Å². The number of amides is 1. The standard InChI is InChI=1S/C26H24FN3O2S/c1-14-21(24(32)30-25-29-17-9-4-5-10-20(17)33-25)22(15-7-6-8-16(27)11-15)23-18(28-14)12-26(2,3)13-19(23)31/h4-11,22,28H,12-13H2,1-3H3,(H,29,30,32)/t22-/m1/s1. The number of hydrogen-bond acceptors (Lipinski definition) is 5. The van der Waals surface area contributed by atoms with E-state index in [2.05, 4.69) is 29.5 Å². The molecule has 1 amide bonds. The van der Waals surface area contributed by atoms with E-state index in [1.54, 1.807) is 12.1 Å². The lowest BCUT2D eigenvalue weighted by molar-refractivity contribution is -0.118. The number of nitrogens with zero attached hydrogens (tertiary/aromatic N) is 1. The van der Waals surface area contributed by atoms with E-state index in [0.29, 0.717) is 40.4 Å².